The highest BCUT2D eigenvalue weighted by Gasteiger charge is 2.59. The first-order chi connectivity index (χ1) is 10.00. The van der Waals surface area contributed by atoms with Gasteiger partial charge in [0.25, 0.3) is 0 Å². The lowest BCUT2D eigenvalue weighted by molar-refractivity contribution is -0.163. The monoisotopic (exact) mass is 294 g/mol. The number of rotatable bonds is 4. The number of nitrogens with one attached hydrogen (secondary N) is 1. The molecule has 2 saturated heterocycles. The molecule has 1 N–H and O–H groups in total. The van der Waals surface area contributed by atoms with Gasteiger partial charge in [0.2, 0.25) is 11.8 Å². The van der Waals surface area contributed by atoms with Crippen LogP contribution >= 0.6 is 0 Å². The standard InChI is InChI=1S/C16H26N2O3/c1-4-10(2)13-14(19)18(12-7-8-21-9-12)16(3,11-5-6-11)15(20)17-13/h10-13H,4-9H2,1-3H3,(H,17,20). The minimum absolute atomic E-state index is 0.0294. The highest BCUT2D eigenvalue weighted by Crippen LogP contribution is 2.46. The van der Waals surface area contributed by atoms with Crippen molar-refractivity contribution in [3.8, 4) is 0 Å². The zero-order valence-corrected chi connectivity index (χ0v) is 13.2. The van der Waals surface area contributed by atoms with E-state index in [1.54, 1.807) is 0 Å². The molecule has 0 bridgehead atoms. The number of amides is 2. The first-order valence-electron chi connectivity index (χ1n) is 8.22. The number of piperazine rings is 1. The molecule has 2 heterocycles. The van der Waals surface area contributed by atoms with Gasteiger partial charge in [-0.1, -0.05) is 20.3 Å². The summed E-state index contributed by atoms with van der Waals surface area (Å²) in [4.78, 5) is 27.8. The Morgan fingerprint density at radius 1 is 1.38 bits per heavy atom. The molecule has 21 heavy (non-hydrogen) atoms. The van der Waals surface area contributed by atoms with Crippen LogP contribution in [0, 0.1) is 11.8 Å². The third-order valence-electron chi connectivity index (χ3n) is 5.61. The van der Waals surface area contributed by atoms with Gasteiger partial charge in [-0.15, -0.1) is 0 Å². The number of carbonyl (C=O) groups excluding carboxylic acids is 2. The van der Waals surface area contributed by atoms with E-state index in [2.05, 4.69) is 12.2 Å². The van der Waals surface area contributed by atoms with Crippen molar-refractivity contribution in [1.82, 2.24) is 10.2 Å². The van der Waals surface area contributed by atoms with Crippen LogP contribution in [0.5, 0.6) is 0 Å². The molecule has 4 atom stereocenters. The van der Waals surface area contributed by atoms with E-state index in [0.717, 1.165) is 25.7 Å². The molecule has 3 rings (SSSR count). The van der Waals surface area contributed by atoms with Gasteiger partial charge in [-0.05, 0) is 38.0 Å². The minimum atomic E-state index is -0.681. The largest absolute Gasteiger partial charge is 0.379 e. The van der Waals surface area contributed by atoms with Crippen LogP contribution in [-0.2, 0) is 14.3 Å². The Labute approximate surface area is 126 Å². The molecule has 0 radical (unpaired) electrons. The number of hydrogen-bond acceptors (Lipinski definition) is 3. The van der Waals surface area contributed by atoms with Gasteiger partial charge in [0.05, 0.1) is 12.6 Å². The lowest BCUT2D eigenvalue weighted by atomic mass is 9.83. The first-order valence-corrected chi connectivity index (χ1v) is 8.22. The fraction of sp³-hybridized carbons (Fsp3) is 0.875. The summed E-state index contributed by atoms with van der Waals surface area (Å²) in [5.41, 5.74) is -0.681. The lowest BCUT2D eigenvalue weighted by Crippen LogP contribution is -2.73. The molecule has 1 aliphatic carbocycles. The quantitative estimate of drug-likeness (QED) is 0.850. The van der Waals surface area contributed by atoms with E-state index >= 15 is 0 Å². The van der Waals surface area contributed by atoms with Gasteiger partial charge >= 0.3 is 0 Å². The van der Waals surface area contributed by atoms with Crippen LogP contribution in [0.1, 0.15) is 46.5 Å². The van der Waals surface area contributed by atoms with Crippen molar-refractivity contribution >= 4 is 11.8 Å². The molecular formula is C16H26N2O3. The molecule has 1 saturated carbocycles. The summed E-state index contributed by atoms with van der Waals surface area (Å²) < 4.78 is 5.48. The van der Waals surface area contributed by atoms with Crippen LogP contribution < -0.4 is 5.32 Å². The topological polar surface area (TPSA) is 58.6 Å². The zero-order chi connectivity index (χ0) is 15.2. The Morgan fingerprint density at radius 3 is 2.62 bits per heavy atom. The number of hydrogen-bond donors (Lipinski definition) is 1. The van der Waals surface area contributed by atoms with E-state index in [9.17, 15) is 9.59 Å². The molecule has 2 amide bonds. The molecule has 3 fully saturated rings. The van der Waals surface area contributed by atoms with Crippen LogP contribution in [0.15, 0.2) is 0 Å². The first kappa shape index (κ1) is 14.8. The number of carbonyl (C=O) groups is 2. The molecule has 5 heteroatoms. The maximum Gasteiger partial charge on any atom is 0.246 e. The van der Waals surface area contributed by atoms with Gasteiger partial charge in [-0.3, -0.25) is 9.59 Å². The van der Waals surface area contributed by atoms with Gasteiger partial charge in [0.15, 0.2) is 0 Å². The smallest absolute Gasteiger partial charge is 0.246 e. The molecule has 0 aromatic heterocycles. The van der Waals surface area contributed by atoms with E-state index < -0.39 is 5.54 Å². The van der Waals surface area contributed by atoms with Gasteiger partial charge < -0.3 is 15.0 Å². The van der Waals surface area contributed by atoms with Crippen LogP contribution in [0.25, 0.3) is 0 Å². The summed E-state index contributed by atoms with van der Waals surface area (Å²) in [6.45, 7) is 7.29. The van der Waals surface area contributed by atoms with Crippen molar-refractivity contribution in [3.63, 3.8) is 0 Å². The maximum atomic E-state index is 13.1. The summed E-state index contributed by atoms with van der Waals surface area (Å²) in [7, 11) is 0. The van der Waals surface area contributed by atoms with Crippen LogP contribution in [-0.4, -0.2) is 47.6 Å². The van der Waals surface area contributed by atoms with Gasteiger partial charge in [0.1, 0.15) is 11.6 Å². The number of ether oxygens (including phenoxy) is 1. The molecule has 0 spiro atoms. The van der Waals surface area contributed by atoms with Gasteiger partial charge in [-0.25, -0.2) is 0 Å². The lowest BCUT2D eigenvalue weighted by Gasteiger charge is -2.50. The maximum absolute atomic E-state index is 13.1. The Bertz CT molecular complexity index is 443. The van der Waals surface area contributed by atoms with E-state index in [1.807, 2.05) is 18.7 Å². The summed E-state index contributed by atoms with van der Waals surface area (Å²) in [5, 5.41) is 3.01. The third-order valence-corrected chi connectivity index (χ3v) is 5.61. The summed E-state index contributed by atoms with van der Waals surface area (Å²) in [6, 6.07) is -0.323. The zero-order valence-electron chi connectivity index (χ0n) is 13.2. The van der Waals surface area contributed by atoms with Crippen LogP contribution in [0.4, 0.5) is 0 Å². The average Bonchev–Trinajstić information content (AvgIpc) is 3.20. The molecule has 5 nitrogen and oxygen atoms in total. The highest BCUT2D eigenvalue weighted by molar-refractivity contribution is 6.00. The fourth-order valence-electron chi connectivity index (χ4n) is 3.77. The third kappa shape index (κ3) is 2.26. The normalized spacial score (nSPS) is 38.5. The van der Waals surface area contributed by atoms with E-state index in [-0.39, 0.29) is 29.8 Å². The SMILES string of the molecule is CCC(C)C1NC(=O)C(C)(C2CC2)N(C2CCOC2)C1=O. The Balaban J connectivity index is 1.94. The van der Waals surface area contributed by atoms with Crippen molar-refractivity contribution in [1.29, 1.82) is 0 Å². The molecule has 4 unspecified atom stereocenters. The predicted molar refractivity (Wildman–Crippen MR) is 78.6 cm³/mol. The van der Waals surface area contributed by atoms with Crippen LogP contribution in [0.2, 0.25) is 0 Å². The summed E-state index contributed by atoms with van der Waals surface area (Å²) in [6.07, 6.45) is 3.80. The van der Waals surface area contributed by atoms with E-state index in [1.165, 1.54) is 0 Å². The van der Waals surface area contributed by atoms with Crippen molar-refractivity contribution in [2.24, 2.45) is 11.8 Å². The Kier molecular flexibility index (Phi) is 3.72. The second-order valence-electron chi connectivity index (χ2n) is 6.98. The fourth-order valence-corrected chi connectivity index (χ4v) is 3.77. The minimum Gasteiger partial charge on any atom is -0.379 e. The molecule has 3 aliphatic rings. The van der Waals surface area contributed by atoms with Crippen molar-refractivity contribution in [2.75, 3.05) is 13.2 Å². The van der Waals surface area contributed by atoms with Crippen molar-refractivity contribution < 1.29 is 14.3 Å². The highest BCUT2D eigenvalue weighted by atomic mass is 16.5. The van der Waals surface area contributed by atoms with Gasteiger partial charge in [0, 0.05) is 6.61 Å². The number of nitrogens with zero attached hydrogens (tertiary/aromatic N) is 1. The molecule has 0 aromatic rings. The second-order valence-corrected chi connectivity index (χ2v) is 6.98. The summed E-state index contributed by atoms with van der Waals surface area (Å²) >= 11 is 0. The Hall–Kier alpha value is -1.10. The van der Waals surface area contributed by atoms with E-state index in [4.69, 9.17) is 4.74 Å². The molecular weight excluding hydrogens is 268 g/mol. The van der Waals surface area contributed by atoms with E-state index in [0.29, 0.717) is 19.1 Å². The summed E-state index contributed by atoms with van der Waals surface area (Å²) in [5.74, 6) is 0.589. The van der Waals surface area contributed by atoms with Crippen molar-refractivity contribution in [2.45, 2.75) is 64.1 Å². The average molecular weight is 294 g/mol. The predicted octanol–water partition coefficient (Wildman–Crippen LogP) is 1.32. The Morgan fingerprint density at radius 2 is 2.10 bits per heavy atom. The van der Waals surface area contributed by atoms with Gasteiger partial charge in [-0.2, -0.15) is 0 Å². The van der Waals surface area contributed by atoms with Crippen LogP contribution in [0.3, 0.4) is 0 Å². The molecule has 2 aliphatic heterocycles. The van der Waals surface area contributed by atoms with Crippen molar-refractivity contribution in [3.05, 3.63) is 0 Å². The molecule has 118 valence electrons. The molecule has 0 aromatic carbocycles. The second kappa shape index (κ2) is 5.27.